The molecule has 0 N–H and O–H groups in total. The lowest BCUT2D eigenvalue weighted by Gasteiger charge is -2.18. The van der Waals surface area contributed by atoms with Gasteiger partial charge in [0.15, 0.2) is 6.10 Å². The van der Waals surface area contributed by atoms with Gasteiger partial charge in [-0.3, -0.25) is 14.4 Å². The van der Waals surface area contributed by atoms with Crippen LogP contribution in [0.15, 0.2) is 0 Å². The fraction of sp³-hybridized carbons (Fsp3) is 0.939. The van der Waals surface area contributed by atoms with Crippen molar-refractivity contribution in [3.05, 3.63) is 0 Å². The van der Waals surface area contributed by atoms with Crippen LogP contribution in [0.4, 0.5) is 0 Å². The van der Waals surface area contributed by atoms with E-state index in [2.05, 4.69) is 34.6 Å². The van der Waals surface area contributed by atoms with Crippen molar-refractivity contribution in [2.45, 2.75) is 272 Å². The van der Waals surface area contributed by atoms with Crippen LogP contribution in [0.2, 0.25) is 0 Å². The van der Waals surface area contributed by atoms with Crippen LogP contribution in [0.1, 0.15) is 266 Å². The highest BCUT2D eigenvalue weighted by Gasteiger charge is 2.19. The van der Waals surface area contributed by atoms with Gasteiger partial charge in [0, 0.05) is 19.3 Å². The van der Waals surface area contributed by atoms with Crippen molar-refractivity contribution in [2.24, 2.45) is 11.8 Å². The lowest BCUT2D eigenvalue weighted by molar-refractivity contribution is -0.167. The van der Waals surface area contributed by atoms with Crippen molar-refractivity contribution in [3.63, 3.8) is 0 Å². The highest BCUT2D eigenvalue weighted by atomic mass is 16.6. The molecule has 55 heavy (non-hydrogen) atoms. The Balaban J connectivity index is 4.33. The molecule has 0 aromatic carbocycles. The topological polar surface area (TPSA) is 78.9 Å². The Labute approximate surface area is 342 Å². The van der Waals surface area contributed by atoms with E-state index in [9.17, 15) is 14.4 Å². The molecule has 0 spiro atoms. The fourth-order valence-corrected chi connectivity index (χ4v) is 7.25. The zero-order valence-electron chi connectivity index (χ0n) is 37.6. The van der Waals surface area contributed by atoms with Crippen molar-refractivity contribution in [1.82, 2.24) is 0 Å². The molecule has 0 amide bonds. The van der Waals surface area contributed by atoms with Gasteiger partial charge in [-0.1, -0.05) is 227 Å². The molecule has 0 radical (unpaired) electrons. The van der Waals surface area contributed by atoms with E-state index in [4.69, 9.17) is 14.2 Å². The van der Waals surface area contributed by atoms with Crippen LogP contribution in [0.3, 0.4) is 0 Å². The van der Waals surface area contributed by atoms with E-state index in [1.807, 2.05) is 0 Å². The summed E-state index contributed by atoms with van der Waals surface area (Å²) < 4.78 is 16.8. The van der Waals surface area contributed by atoms with E-state index in [0.29, 0.717) is 19.3 Å². The van der Waals surface area contributed by atoms with Crippen molar-refractivity contribution >= 4 is 17.9 Å². The predicted molar refractivity (Wildman–Crippen MR) is 233 cm³/mol. The first-order valence-corrected chi connectivity index (χ1v) is 24.3. The van der Waals surface area contributed by atoms with Crippen LogP contribution >= 0.6 is 0 Å². The van der Waals surface area contributed by atoms with Crippen molar-refractivity contribution in [3.8, 4) is 0 Å². The molecular formula is C49H94O6. The molecule has 0 aliphatic heterocycles. The first-order chi connectivity index (χ1) is 26.8. The Bertz CT molecular complexity index is 841. The molecule has 1 unspecified atom stereocenters. The molecule has 0 bridgehead atoms. The Kier molecular flexibility index (Phi) is 40.8. The van der Waals surface area contributed by atoms with Gasteiger partial charge in [0.2, 0.25) is 0 Å². The van der Waals surface area contributed by atoms with Crippen LogP contribution in [-0.2, 0) is 28.6 Å². The van der Waals surface area contributed by atoms with Gasteiger partial charge >= 0.3 is 17.9 Å². The number of unbranched alkanes of at least 4 members (excludes halogenated alkanes) is 27. The fourth-order valence-electron chi connectivity index (χ4n) is 7.25. The number of carbonyl (C=O) groups excluding carboxylic acids is 3. The van der Waals surface area contributed by atoms with Gasteiger partial charge in [0.25, 0.3) is 0 Å². The quantitative estimate of drug-likeness (QED) is 0.0348. The largest absolute Gasteiger partial charge is 0.462 e. The molecule has 0 aromatic rings. The summed E-state index contributed by atoms with van der Waals surface area (Å²) in [6.07, 6.45) is 40.8. The molecule has 0 saturated carbocycles. The molecule has 0 saturated heterocycles. The summed E-state index contributed by atoms with van der Waals surface area (Å²) in [5, 5.41) is 0. The second-order valence-corrected chi connectivity index (χ2v) is 17.5. The van der Waals surface area contributed by atoms with Crippen molar-refractivity contribution in [2.75, 3.05) is 13.2 Å². The summed E-state index contributed by atoms with van der Waals surface area (Å²) in [4.78, 5) is 37.8. The summed E-state index contributed by atoms with van der Waals surface area (Å²) >= 11 is 0. The molecule has 326 valence electrons. The average Bonchev–Trinajstić information content (AvgIpc) is 3.17. The number of rotatable bonds is 43. The summed E-state index contributed by atoms with van der Waals surface area (Å²) in [6.45, 7) is 11.3. The van der Waals surface area contributed by atoms with Gasteiger partial charge in [-0.15, -0.1) is 0 Å². The van der Waals surface area contributed by atoms with Gasteiger partial charge in [-0.05, 0) is 31.1 Å². The monoisotopic (exact) mass is 779 g/mol. The lowest BCUT2D eigenvalue weighted by atomic mass is 9.99. The second-order valence-electron chi connectivity index (χ2n) is 17.5. The third-order valence-corrected chi connectivity index (χ3v) is 11.3. The van der Waals surface area contributed by atoms with E-state index in [0.717, 1.165) is 69.6 Å². The zero-order valence-corrected chi connectivity index (χ0v) is 37.6. The molecular weight excluding hydrogens is 685 g/mol. The highest BCUT2D eigenvalue weighted by molar-refractivity contribution is 5.71. The van der Waals surface area contributed by atoms with E-state index in [1.54, 1.807) is 0 Å². The van der Waals surface area contributed by atoms with Crippen LogP contribution in [0.5, 0.6) is 0 Å². The molecule has 0 rings (SSSR count). The molecule has 0 aromatic heterocycles. The van der Waals surface area contributed by atoms with E-state index >= 15 is 0 Å². The molecule has 0 heterocycles. The third kappa shape index (κ3) is 41.9. The summed E-state index contributed by atoms with van der Waals surface area (Å²) in [6, 6.07) is 0. The maximum absolute atomic E-state index is 12.7. The number of hydrogen-bond donors (Lipinski definition) is 0. The summed E-state index contributed by atoms with van der Waals surface area (Å²) in [7, 11) is 0. The van der Waals surface area contributed by atoms with E-state index < -0.39 is 6.10 Å². The maximum Gasteiger partial charge on any atom is 0.306 e. The summed E-state index contributed by atoms with van der Waals surface area (Å²) in [5.41, 5.74) is 0. The SMILES string of the molecule is CCCCCCCCCCCCCCC(=O)OC[C@@H](COC(=O)CCCCCCCCCCCCC(C)CC)OC(=O)CCCCCCCCCCC(C)C. The molecule has 0 aliphatic rings. The molecule has 0 aliphatic carbocycles. The van der Waals surface area contributed by atoms with E-state index in [-0.39, 0.29) is 31.1 Å². The first-order valence-electron chi connectivity index (χ1n) is 24.3. The Hall–Kier alpha value is -1.59. The normalized spacial score (nSPS) is 12.5. The number of carbonyl (C=O) groups is 3. The van der Waals surface area contributed by atoms with Crippen molar-refractivity contribution < 1.29 is 28.6 Å². The van der Waals surface area contributed by atoms with Crippen LogP contribution < -0.4 is 0 Å². The first kappa shape index (κ1) is 53.4. The van der Waals surface area contributed by atoms with Gasteiger partial charge in [-0.2, -0.15) is 0 Å². The van der Waals surface area contributed by atoms with Gasteiger partial charge < -0.3 is 14.2 Å². The highest BCUT2D eigenvalue weighted by Crippen LogP contribution is 2.17. The van der Waals surface area contributed by atoms with Crippen LogP contribution in [0, 0.1) is 11.8 Å². The number of hydrogen-bond acceptors (Lipinski definition) is 6. The van der Waals surface area contributed by atoms with Gasteiger partial charge in [0.1, 0.15) is 13.2 Å². The molecule has 2 atom stereocenters. The minimum Gasteiger partial charge on any atom is -0.462 e. The van der Waals surface area contributed by atoms with Crippen molar-refractivity contribution in [1.29, 1.82) is 0 Å². The Morgan fingerprint density at radius 1 is 0.382 bits per heavy atom. The zero-order chi connectivity index (χ0) is 40.5. The number of esters is 3. The average molecular weight is 779 g/mol. The molecule has 6 heteroatoms. The Morgan fingerprint density at radius 3 is 1.04 bits per heavy atom. The smallest absolute Gasteiger partial charge is 0.306 e. The second kappa shape index (κ2) is 42.0. The molecule has 6 nitrogen and oxygen atoms in total. The lowest BCUT2D eigenvalue weighted by Crippen LogP contribution is -2.30. The summed E-state index contributed by atoms with van der Waals surface area (Å²) in [5.74, 6) is 0.808. The predicted octanol–water partition coefficient (Wildman–Crippen LogP) is 15.4. The third-order valence-electron chi connectivity index (χ3n) is 11.3. The standard InChI is InChI=1S/C49H94O6/c1-6-8-9-10-11-12-13-14-18-24-29-34-39-47(50)53-42-46(55-49(52)41-36-31-26-21-20-22-27-32-37-44(3)4)43-54-48(51)40-35-30-25-19-16-15-17-23-28-33-38-45(5)7-2/h44-46H,6-43H2,1-5H3/t45?,46-/m0/s1. The van der Waals surface area contributed by atoms with Gasteiger partial charge in [0.05, 0.1) is 0 Å². The minimum atomic E-state index is -0.761. The van der Waals surface area contributed by atoms with E-state index in [1.165, 1.54) is 154 Å². The molecule has 0 fully saturated rings. The van der Waals surface area contributed by atoms with Gasteiger partial charge in [-0.25, -0.2) is 0 Å². The van der Waals surface area contributed by atoms with Crippen LogP contribution in [-0.4, -0.2) is 37.2 Å². The maximum atomic E-state index is 12.7. The number of ether oxygens (including phenoxy) is 3. The Morgan fingerprint density at radius 2 is 0.691 bits per heavy atom. The van der Waals surface area contributed by atoms with Crippen LogP contribution in [0.25, 0.3) is 0 Å². The minimum absolute atomic E-state index is 0.0647.